The molecule has 4 aromatic rings. The van der Waals surface area contributed by atoms with Crippen molar-refractivity contribution in [2.24, 2.45) is 0 Å². The number of aromatic nitrogens is 4. The summed E-state index contributed by atoms with van der Waals surface area (Å²) in [5.74, 6) is 1.67. The maximum atomic E-state index is 13.3. The summed E-state index contributed by atoms with van der Waals surface area (Å²) in [7, 11) is 1.68. The topological polar surface area (TPSA) is 87.9 Å². The Kier molecular flexibility index (Phi) is 6.42. The molecule has 2 aromatic carbocycles. The zero-order valence-electron chi connectivity index (χ0n) is 19.4. The van der Waals surface area contributed by atoms with Gasteiger partial charge in [0.25, 0.3) is 0 Å². The molecule has 0 aliphatic carbocycles. The van der Waals surface area contributed by atoms with E-state index in [1.54, 1.807) is 23.8 Å². The Morgan fingerprint density at radius 3 is 2.60 bits per heavy atom. The van der Waals surface area contributed by atoms with Crippen LogP contribution < -0.4 is 19.9 Å². The van der Waals surface area contributed by atoms with Gasteiger partial charge in [0.05, 0.1) is 7.11 Å². The van der Waals surface area contributed by atoms with E-state index in [1.165, 1.54) is 12.1 Å². The first-order valence-corrected chi connectivity index (χ1v) is 11.5. The van der Waals surface area contributed by atoms with E-state index in [-0.39, 0.29) is 12.3 Å². The van der Waals surface area contributed by atoms with Crippen LogP contribution in [0, 0.1) is 5.82 Å². The molecule has 0 saturated carbocycles. The normalized spacial score (nSPS) is 13.8. The minimum Gasteiger partial charge on any atom is -0.497 e. The molecule has 1 fully saturated rings. The van der Waals surface area contributed by atoms with Crippen molar-refractivity contribution in [3.63, 3.8) is 0 Å². The number of hydrogen-bond donors (Lipinski definition) is 1. The number of aryl methyl sites for hydroxylation is 1. The van der Waals surface area contributed by atoms with Gasteiger partial charge in [0.2, 0.25) is 5.91 Å². The molecule has 1 aliphatic rings. The Bertz CT molecular complexity index is 1330. The molecule has 0 spiro atoms. The van der Waals surface area contributed by atoms with Crippen molar-refractivity contribution in [3.05, 3.63) is 72.3 Å². The largest absolute Gasteiger partial charge is 0.497 e. The molecule has 0 bridgehead atoms. The van der Waals surface area contributed by atoms with Crippen LogP contribution in [0.15, 0.2) is 60.7 Å². The van der Waals surface area contributed by atoms with E-state index in [4.69, 9.17) is 9.84 Å². The lowest BCUT2D eigenvalue weighted by molar-refractivity contribution is -0.116. The number of piperazine rings is 1. The average molecular weight is 476 g/mol. The lowest BCUT2D eigenvalue weighted by Crippen LogP contribution is -2.47. The van der Waals surface area contributed by atoms with Crippen molar-refractivity contribution < 1.29 is 13.9 Å². The van der Waals surface area contributed by atoms with E-state index in [2.05, 4.69) is 31.4 Å². The van der Waals surface area contributed by atoms with Gasteiger partial charge in [-0.2, -0.15) is 4.52 Å². The van der Waals surface area contributed by atoms with Crippen LogP contribution >= 0.6 is 0 Å². The summed E-state index contributed by atoms with van der Waals surface area (Å²) >= 11 is 0. The number of fused-ring (bicyclic) bond motifs is 1. The molecule has 1 saturated heterocycles. The zero-order valence-corrected chi connectivity index (χ0v) is 19.4. The monoisotopic (exact) mass is 475 g/mol. The molecule has 2 aromatic heterocycles. The summed E-state index contributed by atoms with van der Waals surface area (Å²) in [5, 5.41) is 15.9. The van der Waals surface area contributed by atoms with Gasteiger partial charge in [-0.05, 0) is 42.5 Å². The number of nitrogens with zero attached hydrogens (tertiary/aromatic N) is 6. The van der Waals surface area contributed by atoms with Crippen LogP contribution in [0.3, 0.4) is 0 Å². The van der Waals surface area contributed by atoms with E-state index in [1.807, 2.05) is 30.3 Å². The second kappa shape index (κ2) is 9.96. The summed E-state index contributed by atoms with van der Waals surface area (Å²) in [5.41, 5.74) is 2.20. The van der Waals surface area contributed by atoms with Gasteiger partial charge in [-0.1, -0.05) is 12.1 Å². The molecule has 3 heterocycles. The molecule has 0 radical (unpaired) electrons. The summed E-state index contributed by atoms with van der Waals surface area (Å²) in [4.78, 5) is 16.9. The van der Waals surface area contributed by atoms with E-state index < -0.39 is 5.82 Å². The summed E-state index contributed by atoms with van der Waals surface area (Å²) in [6.07, 6.45) is 0.546. The predicted octanol–water partition coefficient (Wildman–Crippen LogP) is 3.17. The highest BCUT2D eigenvalue weighted by molar-refractivity contribution is 5.90. The van der Waals surface area contributed by atoms with Gasteiger partial charge < -0.3 is 19.9 Å². The number of nitrogens with one attached hydrogen (secondary N) is 1. The lowest BCUT2D eigenvalue weighted by Gasteiger charge is -2.36. The number of carbonyl (C=O) groups excluding carboxylic acids is 1. The molecule has 9 nitrogen and oxygen atoms in total. The average Bonchev–Trinajstić information content (AvgIpc) is 3.30. The number of amides is 1. The number of benzene rings is 2. The summed E-state index contributed by atoms with van der Waals surface area (Å²) < 4.78 is 20.4. The van der Waals surface area contributed by atoms with Crippen LogP contribution in [0.1, 0.15) is 12.2 Å². The maximum Gasteiger partial charge on any atom is 0.224 e. The van der Waals surface area contributed by atoms with E-state index >= 15 is 0 Å². The van der Waals surface area contributed by atoms with Gasteiger partial charge in [0.1, 0.15) is 17.4 Å². The number of carbonyl (C=O) groups is 1. The number of rotatable bonds is 7. The first-order valence-electron chi connectivity index (χ1n) is 11.5. The van der Waals surface area contributed by atoms with Crippen LogP contribution in [0.4, 0.5) is 21.6 Å². The first kappa shape index (κ1) is 22.6. The van der Waals surface area contributed by atoms with Crippen LogP contribution in [0.25, 0.3) is 5.65 Å². The third-order valence-electron chi connectivity index (χ3n) is 6.02. The minimum absolute atomic E-state index is 0.183. The fourth-order valence-corrected chi connectivity index (χ4v) is 4.16. The zero-order chi connectivity index (χ0) is 24.2. The third kappa shape index (κ3) is 5.16. The Hall–Kier alpha value is -4.21. The van der Waals surface area contributed by atoms with E-state index in [9.17, 15) is 9.18 Å². The highest BCUT2D eigenvalue weighted by atomic mass is 19.1. The fraction of sp³-hybridized carbons (Fsp3) is 0.280. The van der Waals surface area contributed by atoms with Gasteiger partial charge in [0.15, 0.2) is 11.5 Å². The number of anilines is 3. The summed E-state index contributed by atoms with van der Waals surface area (Å²) in [6, 6.07) is 17.7. The number of halogens is 1. The molecule has 10 heteroatoms. The van der Waals surface area contributed by atoms with Crippen molar-refractivity contribution in [1.29, 1.82) is 0 Å². The third-order valence-corrected chi connectivity index (χ3v) is 6.02. The Labute approximate surface area is 202 Å². The number of methoxy groups -OCH3 is 1. The van der Waals surface area contributed by atoms with Crippen molar-refractivity contribution in [2.45, 2.75) is 12.8 Å². The van der Waals surface area contributed by atoms with Crippen molar-refractivity contribution in [2.75, 3.05) is 48.4 Å². The second-order valence-corrected chi connectivity index (χ2v) is 8.31. The van der Waals surface area contributed by atoms with Crippen molar-refractivity contribution in [3.8, 4) is 5.75 Å². The predicted molar refractivity (Wildman–Crippen MR) is 132 cm³/mol. The number of ether oxygens (including phenoxy) is 1. The van der Waals surface area contributed by atoms with Gasteiger partial charge in [-0.15, -0.1) is 15.3 Å². The first-order chi connectivity index (χ1) is 17.1. The van der Waals surface area contributed by atoms with Crippen molar-refractivity contribution in [1.82, 2.24) is 19.8 Å². The smallest absolute Gasteiger partial charge is 0.224 e. The number of hydrogen-bond acceptors (Lipinski definition) is 7. The quantitative estimate of drug-likeness (QED) is 0.439. The van der Waals surface area contributed by atoms with Gasteiger partial charge in [-0.25, -0.2) is 4.39 Å². The molecule has 1 N–H and O–H groups in total. The van der Waals surface area contributed by atoms with Crippen LogP contribution in [-0.4, -0.2) is 59.0 Å². The second-order valence-electron chi connectivity index (χ2n) is 8.31. The van der Waals surface area contributed by atoms with Gasteiger partial charge in [0, 0.05) is 56.5 Å². The highest BCUT2D eigenvalue weighted by Gasteiger charge is 2.20. The molecule has 0 unspecified atom stereocenters. The molecule has 1 aliphatic heterocycles. The fourth-order valence-electron chi connectivity index (χ4n) is 4.16. The summed E-state index contributed by atoms with van der Waals surface area (Å²) in [6.45, 7) is 3.37. The highest BCUT2D eigenvalue weighted by Crippen LogP contribution is 2.23. The van der Waals surface area contributed by atoms with Crippen LogP contribution in [0.5, 0.6) is 5.75 Å². The Morgan fingerprint density at radius 2 is 1.80 bits per heavy atom. The van der Waals surface area contributed by atoms with Crippen molar-refractivity contribution >= 4 is 28.7 Å². The van der Waals surface area contributed by atoms with E-state index in [0.717, 1.165) is 43.4 Å². The maximum absolute atomic E-state index is 13.3. The molecule has 1 amide bonds. The molecular weight excluding hydrogens is 449 g/mol. The standard InChI is InChI=1S/C25H26FN7O2/c1-35-21-7-3-6-20(17-21)31-12-14-32(15-13-31)24-9-8-22-28-29-23(33(22)30-24)10-11-25(34)27-19-5-2-4-18(26)16-19/h2-9,16-17H,10-15H2,1H3,(H,27,34). The minimum atomic E-state index is -0.396. The van der Waals surface area contributed by atoms with Crippen LogP contribution in [0.2, 0.25) is 0 Å². The van der Waals surface area contributed by atoms with E-state index in [0.29, 0.717) is 23.6 Å². The molecule has 5 rings (SSSR count). The lowest BCUT2D eigenvalue weighted by atomic mass is 10.2. The van der Waals surface area contributed by atoms with Gasteiger partial charge >= 0.3 is 0 Å². The molecule has 180 valence electrons. The molecular formula is C25H26FN7O2. The molecule has 0 atom stereocenters. The Morgan fingerprint density at radius 1 is 1.00 bits per heavy atom. The molecule has 35 heavy (non-hydrogen) atoms. The van der Waals surface area contributed by atoms with Crippen LogP contribution in [-0.2, 0) is 11.2 Å². The van der Waals surface area contributed by atoms with Gasteiger partial charge in [-0.3, -0.25) is 4.79 Å². The Balaban J connectivity index is 1.22. The SMILES string of the molecule is COc1cccc(N2CCN(c3ccc4nnc(CCC(=O)Nc5cccc(F)c5)n4n3)CC2)c1.